The highest BCUT2D eigenvalue weighted by Gasteiger charge is 2.16. The first-order chi connectivity index (χ1) is 9.45. The third-order valence-corrected chi connectivity index (χ3v) is 3.24. The number of halogens is 2. The van der Waals surface area contributed by atoms with Crippen molar-refractivity contribution in [2.75, 3.05) is 0 Å². The maximum atomic E-state index is 13.0. The SMILES string of the molecule is CC(C)C[C@H](N)c1nc(Cc2ccc(F)cc2Cl)no1. The van der Waals surface area contributed by atoms with E-state index in [1.807, 2.05) is 0 Å². The van der Waals surface area contributed by atoms with Crippen LogP contribution in [0.2, 0.25) is 5.02 Å². The summed E-state index contributed by atoms with van der Waals surface area (Å²) in [6.07, 6.45) is 1.16. The van der Waals surface area contributed by atoms with Gasteiger partial charge in [-0.25, -0.2) is 4.39 Å². The van der Waals surface area contributed by atoms with E-state index < -0.39 is 0 Å². The number of nitrogens with two attached hydrogens (primary N) is 1. The monoisotopic (exact) mass is 297 g/mol. The first-order valence-electron chi connectivity index (χ1n) is 6.47. The fraction of sp³-hybridized carbons (Fsp3) is 0.429. The fourth-order valence-corrected chi connectivity index (χ4v) is 2.17. The molecule has 0 aliphatic carbocycles. The number of benzene rings is 1. The molecule has 1 heterocycles. The highest BCUT2D eigenvalue weighted by atomic mass is 35.5. The van der Waals surface area contributed by atoms with Crippen LogP contribution < -0.4 is 5.73 Å². The summed E-state index contributed by atoms with van der Waals surface area (Å²) in [5.74, 6) is 0.998. The molecule has 0 bridgehead atoms. The molecular weight excluding hydrogens is 281 g/mol. The van der Waals surface area contributed by atoms with Crippen LogP contribution in [0.5, 0.6) is 0 Å². The molecule has 1 atom stereocenters. The molecule has 2 N–H and O–H groups in total. The van der Waals surface area contributed by atoms with Crippen LogP contribution in [-0.4, -0.2) is 10.1 Å². The molecule has 0 saturated heterocycles. The van der Waals surface area contributed by atoms with E-state index in [0.29, 0.717) is 29.1 Å². The summed E-state index contributed by atoms with van der Waals surface area (Å²) in [4.78, 5) is 4.27. The molecule has 0 unspecified atom stereocenters. The van der Waals surface area contributed by atoms with Crippen LogP contribution in [0, 0.1) is 11.7 Å². The van der Waals surface area contributed by atoms with Crippen molar-refractivity contribution in [3.8, 4) is 0 Å². The van der Waals surface area contributed by atoms with E-state index in [1.54, 1.807) is 6.07 Å². The first-order valence-corrected chi connectivity index (χ1v) is 6.85. The first kappa shape index (κ1) is 14.9. The Balaban J connectivity index is 2.09. The molecule has 4 nitrogen and oxygen atoms in total. The number of rotatable bonds is 5. The van der Waals surface area contributed by atoms with Gasteiger partial charge in [-0.05, 0) is 30.0 Å². The zero-order chi connectivity index (χ0) is 14.7. The van der Waals surface area contributed by atoms with Gasteiger partial charge in [-0.15, -0.1) is 0 Å². The van der Waals surface area contributed by atoms with Crippen molar-refractivity contribution >= 4 is 11.6 Å². The number of hydrogen-bond acceptors (Lipinski definition) is 4. The van der Waals surface area contributed by atoms with E-state index in [-0.39, 0.29) is 11.9 Å². The maximum absolute atomic E-state index is 13.0. The van der Waals surface area contributed by atoms with E-state index in [9.17, 15) is 4.39 Å². The van der Waals surface area contributed by atoms with Gasteiger partial charge >= 0.3 is 0 Å². The topological polar surface area (TPSA) is 64.9 Å². The molecule has 1 aromatic carbocycles. The molecule has 2 aromatic rings. The summed E-state index contributed by atoms with van der Waals surface area (Å²) in [7, 11) is 0. The Hall–Kier alpha value is -1.46. The van der Waals surface area contributed by atoms with Crippen molar-refractivity contribution in [2.45, 2.75) is 32.7 Å². The fourth-order valence-electron chi connectivity index (χ4n) is 1.93. The number of hydrogen-bond donors (Lipinski definition) is 1. The average molecular weight is 298 g/mol. The Morgan fingerprint density at radius 1 is 1.40 bits per heavy atom. The van der Waals surface area contributed by atoms with Crippen molar-refractivity contribution in [1.82, 2.24) is 10.1 Å². The standard InChI is InChI=1S/C14H17ClFN3O/c1-8(2)5-12(17)14-18-13(19-20-14)6-9-3-4-10(16)7-11(9)15/h3-4,7-8,12H,5-6,17H2,1-2H3/t12-/m0/s1. The Morgan fingerprint density at radius 3 is 2.80 bits per heavy atom. The van der Waals surface area contributed by atoms with Crippen molar-refractivity contribution in [1.29, 1.82) is 0 Å². The quantitative estimate of drug-likeness (QED) is 0.917. The van der Waals surface area contributed by atoms with Crippen LogP contribution in [0.4, 0.5) is 4.39 Å². The van der Waals surface area contributed by atoms with Crippen LogP contribution in [0.3, 0.4) is 0 Å². The minimum absolute atomic E-state index is 0.264. The van der Waals surface area contributed by atoms with Gasteiger partial charge in [-0.2, -0.15) is 4.98 Å². The van der Waals surface area contributed by atoms with Gasteiger partial charge in [0, 0.05) is 11.4 Å². The lowest BCUT2D eigenvalue weighted by atomic mass is 10.0. The molecule has 0 amide bonds. The third-order valence-electron chi connectivity index (χ3n) is 2.89. The Morgan fingerprint density at radius 2 is 2.15 bits per heavy atom. The van der Waals surface area contributed by atoms with Gasteiger partial charge in [0.2, 0.25) is 5.89 Å². The number of aromatic nitrogens is 2. The van der Waals surface area contributed by atoms with Gasteiger partial charge < -0.3 is 10.3 Å². The molecule has 2 rings (SSSR count). The zero-order valence-electron chi connectivity index (χ0n) is 11.4. The lowest BCUT2D eigenvalue weighted by Crippen LogP contribution is -2.13. The summed E-state index contributed by atoms with van der Waals surface area (Å²) in [5, 5.41) is 4.23. The summed E-state index contributed by atoms with van der Waals surface area (Å²) >= 11 is 5.97. The smallest absolute Gasteiger partial charge is 0.243 e. The van der Waals surface area contributed by atoms with Crippen LogP contribution >= 0.6 is 11.6 Å². The Kier molecular flexibility index (Phi) is 4.73. The predicted molar refractivity (Wildman–Crippen MR) is 74.9 cm³/mol. The highest BCUT2D eigenvalue weighted by molar-refractivity contribution is 6.31. The lowest BCUT2D eigenvalue weighted by Gasteiger charge is -2.08. The van der Waals surface area contributed by atoms with E-state index in [1.165, 1.54) is 12.1 Å². The second kappa shape index (κ2) is 6.33. The van der Waals surface area contributed by atoms with Crippen molar-refractivity contribution in [3.63, 3.8) is 0 Å². The van der Waals surface area contributed by atoms with Gasteiger partial charge in [0.05, 0.1) is 6.04 Å². The molecule has 0 spiro atoms. The maximum Gasteiger partial charge on any atom is 0.243 e. The Labute approximate surface area is 122 Å². The summed E-state index contributed by atoms with van der Waals surface area (Å²) < 4.78 is 18.1. The van der Waals surface area contributed by atoms with E-state index in [4.69, 9.17) is 21.9 Å². The van der Waals surface area contributed by atoms with Gasteiger partial charge in [-0.3, -0.25) is 0 Å². The van der Waals surface area contributed by atoms with Crippen molar-refractivity contribution in [3.05, 3.63) is 46.3 Å². The average Bonchev–Trinajstić information content (AvgIpc) is 2.80. The van der Waals surface area contributed by atoms with Crippen LogP contribution in [0.25, 0.3) is 0 Å². The molecule has 0 fully saturated rings. The van der Waals surface area contributed by atoms with Crippen LogP contribution in [0.15, 0.2) is 22.7 Å². The van der Waals surface area contributed by atoms with Crippen molar-refractivity contribution in [2.24, 2.45) is 11.7 Å². The van der Waals surface area contributed by atoms with Crippen LogP contribution in [-0.2, 0) is 6.42 Å². The molecule has 108 valence electrons. The summed E-state index contributed by atoms with van der Waals surface area (Å²) in [6, 6.07) is 3.97. The number of nitrogens with zero attached hydrogens (tertiary/aromatic N) is 2. The third kappa shape index (κ3) is 3.77. The second-order valence-electron chi connectivity index (χ2n) is 5.20. The normalized spacial score (nSPS) is 12.9. The molecule has 1 aromatic heterocycles. The van der Waals surface area contributed by atoms with Crippen LogP contribution in [0.1, 0.15) is 43.6 Å². The van der Waals surface area contributed by atoms with Gasteiger partial charge in [0.1, 0.15) is 5.82 Å². The van der Waals surface area contributed by atoms with E-state index in [0.717, 1.165) is 12.0 Å². The molecule has 20 heavy (non-hydrogen) atoms. The Bertz CT molecular complexity index is 586. The predicted octanol–water partition coefficient (Wildman–Crippen LogP) is 3.50. The largest absolute Gasteiger partial charge is 0.338 e. The lowest BCUT2D eigenvalue weighted by molar-refractivity contribution is 0.333. The highest BCUT2D eigenvalue weighted by Crippen LogP contribution is 2.21. The van der Waals surface area contributed by atoms with Gasteiger partial charge in [-0.1, -0.05) is 36.7 Å². The molecule has 6 heteroatoms. The summed E-state index contributed by atoms with van der Waals surface area (Å²) in [6.45, 7) is 4.16. The molecule has 0 aliphatic rings. The zero-order valence-corrected chi connectivity index (χ0v) is 12.2. The van der Waals surface area contributed by atoms with E-state index in [2.05, 4.69) is 24.0 Å². The van der Waals surface area contributed by atoms with E-state index >= 15 is 0 Å². The molecular formula is C14H17ClFN3O. The molecule has 0 aliphatic heterocycles. The minimum Gasteiger partial charge on any atom is -0.338 e. The molecule has 0 saturated carbocycles. The van der Waals surface area contributed by atoms with Crippen molar-refractivity contribution < 1.29 is 8.91 Å². The minimum atomic E-state index is -0.369. The second-order valence-corrected chi connectivity index (χ2v) is 5.60. The van der Waals surface area contributed by atoms with Gasteiger partial charge in [0.15, 0.2) is 5.82 Å². The summed E-state index contributed by atoms with van der Waals surface area (Å²) in [5.41, 5.74) is 6.73. The van der Waals surface area contributed by atoms with Gasteiger partial charge in [0.25, 0.3) is 0 Å². The molecule has 0 radical (unpaired) electrons.